The van der Waals surface area contributed by atoms with Crippen molar-refractivity contribution in [3.05, 3.63) is 29.6 Å². The first-order valence-corrected chi connectivity index (χ1v) is 16.5. The van der Waals surface area contributed by atoms with E-state index >= 15 is 0 Å². The van der Waals surface area contributed by atoms with E-state index in [1.807, 2.05) is 0 Å². The topological polar surface area (TPSA) is 49.9 Å². The Morgan fingerprint density at radius 3 is 2.56 bits per heavy atom. The Kier molecular flexibility index (Phi) is 5.96. The summed E-state index contributed by atoms with van der Waals surface area (Å²) in [4.78, 5) is 0. The van der Waals surface area contributed by atoms with E-state index in [2.05, 4.69) is 69.8 Å². The van der Waals surface area contributed by atoms with Gasteiger partial charge in [-0.2, -0.15) is 5.10 Å². The van der Waals surface area contributed by atoms with Crippen LogP contribution in [0, 0.1) is 45.8 Å². The summed E-state index contributed by atoms with van der Waals surface area (Å²) in [5.41, 5.74) is 5.93. The van der Waals surface area contributed by atoms with Crippen LogP contribution in [-0.4, -0.2) is 35.0 Å². The number of aromatic nitrogens is 2. The van der Waals surface area contributed by atoms with Crippen LogP contribution in [0.15, 0.2) is 18.3 Å². The van der Waals surface area contributed by atoms with E-state index in [1.165, 1.54) is 87.5 Å². The first-order valence-electron chi connectivity index (χ1n) is 16.5. The quantitative estimate of drug-likeness (QED) is 0.392. The molecule has 4 nitrogen and oxygen atoms in total. The maximum atomic E-state index is 6.09. The fourth-order valence-electron chi connectivity index (χ4n) is 13.0. The number of ether oxygens (including phenoxy) is 1. The summed E-state index contributed by atoms with van der Waals surface area (Å²) in [6, 6.07) is 0. The molecule has 0 amide bonds. The van der Waals surface area contributed by atoms with Gasteiger partial charge >= 0.3 is 0 Å². The number of aromatic amines is 1. The van der Waals surface area contributed by atoms with Gasteiger partial charge in [-0.1, -0.05) is 46.8 Å². The molecule has 39 heavy (non-hydrogen) atoms. The lowest BCUT2D eigenvalue weighted by atomic mass is 9.33. The first-order chi connectivity index (χ1) is 18.5. The van der Waals surface area contributed by atoms with Crippen molar-refractivity contribution in [2.75, 3.05) is 13.2 Å². The molecule has 7 rings (SSSR count). The maximum absolute atomic E-state index is 6.09. The molecule has 4 heteroatoms. The normalized spacial score (nSPS) is 49.9. The van der Waals surface area contributed by atoms with E-state index in [1.54, 1.807) is 0 Å². The Bertz CT molecular complexity index is 1130. The molecule has 1 aromatic heterocycles. The molecule has 6 aliphatic rings. The molecule has 1 aromatic rings. The van der Waals surface area contributed by atoms with Crippen molar-refractivity contribution in [1.29, 1.82) is 0 Å². The monoisotopic (exact) mass is 533 g/mol. The molecular weight excluding hydrogens is 478 g/mol. The van der Waals surface area contributed by atoms with Gasteiger partial charge in [-0.25, -0.2) is 0 Å². The van der Waals surface area contributed by atoms with Gasteiger partial charge in [-0.05, 0) is 129 Å². The van der Waals surface area contributed by atoms with Crippen LogP contribution in [0.25, 0.3) is 0 Å². The van der Waals surface area contributed by atoms with Crippen molar-refractivity contribution in [3.8, 4) is 0 Å². The highest BCUT2D eigenvalue weighted by Gasteiger charge is 2.70. The Balaban J connectivity index is 1.24. The highest BCUT2D eigenvalue weighted by atomic mass is 16.5. The largest absolute Gasteiger partial charge is 0.377 e. The number of hydrogen-bond donors (Lipinski definition) is 2. The van der Waals surface area contributed by atoms with Gasteiger partial charge in [0.1, 0.15) is 0 Å². The minimum Gasteiger partial charge on any atom is -0.377 e. The molecule has 2 N–H and O–H groups in total. The number of rotatable bonds is 4. The fraction of sp³-hybridized carbons (Fsp3) is 0.857. The standard InChI is InChI=1S/C35H55N3O/c1-22(2)25-12-15-35(36-21-24-9-8-18-39-24)17-16-33(6)26(29(25)35)10-11-28-32(5)19-23-20-37-38-30(23)31(3,4)27(32)13-14-34(28,33)7/h20,24-29,36H,1,8-19,21H2,2-7H3,(H,37,38)/t24-,25-,26+,27-,28+,29+,32-,33+,34+,35-/m0/s1. The first kappa shape index (κ1) is 26.7. The molecule has 1 saturated heterocycles. The second-order valence-corrected chi connectivity index (χ2v) is 16.5. The average molecular weight is 534 g/mol. The summed E-state index contributed by atoms with van der Waals surface area (Å²) in [6.07, 6.45) is 17.1. The number of H-pyrrole nitrogens is 1. The molecule has 5 aliphatic carbocycles. The Morgan fingerprint density at radius 2 is 1.82 bits per heavy atom. The van der Waals surface area contributed by atoms with E-state index < -0.39 is 0 Å². The van der Waals surface area contributed by atoms with Crippen LogP contribution in [-0.2, 0) is 16.6 Å². The van der Waals surface area contributed by atoms with E-state index in [0.29, 0.717) is 28.3 Å². The molecule has 0 unspecified atom stereocenters. The number of fused-ring (bicyclic) bond motifs is 8. The summed E-state index contributed by atoms with van der Waals surface area (Å²) in [6.45, 7) is 22.2. The Morgan fingerprint density at radius 1 is 1.00 bits per heavy atom. The van der Waals surface area contributed by atoms with E-state index in [4.69, 9.17) is 4.74 Å². The Labute approximate surface area is 237 Å². The molecule has 10 atom stereocenters. The van der Waals surface area contributed by atoms with Gasteiger partial charge in [0, 0.05) is 29.8 Å². The van der Waals surface area contributed by atoms with Crippen LogP contribution in [0.4, 0.5) is 0 Å². The lowest BCUT2D eigenvalue weighted by molar-refractivity contribution is -0.219. The van der Waals surface area contributed by atoms with Crippen molar-refractivity contribution in [3.63, 3.8) is 0 Å². The molecule has 0 bridgehead atoms. The van der Waals surface area contributed by atoms with Crippen LogP contribution in [0.2, 0.25) is 0 Å². The van der Waals surface area contributed by atoms with Crippen LogP contribution in [0.3, 0.4) is 0 Å². The zero-order chi connectivity index (χ0) is 27.4. The van der Waals surface area contributed by atoms with Crippen LogP contribution >= 0.6 is 0 Å². The van der Waals surface area contributed by atoms with Gasteiger partial charge in [0.05, 0.1) is 12.3 Å². The molecule has 216 valence electrons. The summed E-state index contributed by atoms with van der Waals surface area (Å²) in [5, 5.41) is 12.2. The highest BCUT2D eigenvalue weighted by molar-refractivity contribution is 5.34. The van der Waals surface area contributed by atoms with Crippen molar-refractivity contribution < 1.29 is 4.74 Å². The minimum atomic E-state index is 0.169. The summed E-state index contributed by atoms with van der Waals surface area (Å²) in [7, 11) is 0. The maximum Gasteiger partial charge on any atom is 0.0700 e. The number of allylic oxidation sites excluding steroid dienone is 1. The van der Waals surface area contributed by atoms with Gasteiger partial charge in [-0.15, -0.1) is 0 Å². The predicted octanol–water partition coefficient (Wildman–Crippen LogP) is 7.60. The van der Waals surface area contributed by atoms with Crippen molar-refractivity contribution >= 4 is 0 Å². The predicted molar refractivity (Wildman–Crippen MR) is 159 cm³/mol. The van der Waals surface area contributed by atoms with E-state index in [0.717, 1.165) is 36.8 Å². The summed E-state index contributed by atoms with van der Waals surface area (Å²) < 4.78 is 6.09. The minimum absolute atomic E-state index is 0.169. The van der Waals surface area contributed by atoms with Gasteiger partial charge in [0.2, 0.25) is 0 Å². The molecule has 2 heterocycles. The van der Waals surface area contributed by atoms with Crippen LogP contribution < -0.4 is 5.32 Å². The van der Waals surface area contributed by atoms with Crippen LogP contribution in [0.1, 0.15) is 117 Å². The summed E-state index contributed by atoms with van der Waals surface area (Å²) in [5.74, 6) is 3.68. The molecule has 5 fully saturated rings. The van der Waals surface area contributed by atoms with Gasteiger partial charge in [0.15, 0.2) is 0 Å². The second-order valence-electron chi connectivity index (χ2n) is 16.5. The zero-order valence-electron chi connectivity index (χ0n) is 25.8. The van der Waals surface area contributed by atoms with Gasteiger partial charge < -0.3 is 10.1 Å². The molecule has 0 aromatic carbocycles. The number of hydrogen-bond acceptors (Lipinski definition) is 3. The van der Waals surface area contributed by atoms with E-state index in [9.17, 15) is 0 Å². The smallest absolute Gasteiger partial charge is 0.0700 e. The molecular formula is C35H55N3O. The van der Waals surface area contributed by atoms with E-state index in [-0.39, 0.29) is 11.0 Å². The highest BCUT2D eigenvalue weighted by Crippen LogP contribution is 2.76. The fourth-order valence-corrected chi connectivity index (χ4v) is 13.0. The SMILES string of the molecule is C=C(C)[C@@H]1CC[C@]2(NC[C@@H]3CCCO3)CC[C@]3(C)[C@H](CC[C@@H]4[C@@]5(C)Cc6cn[nH]c6C(C)(C)[C@@H]5CC[C@]43C)[C@@H]12. The van der Waals surface area contributed by atoms with Crippen molar-refractivity contribution in [1.82, 2.24) is 15.5 Å². The molecule has 1 aliphatic heterocycles. The third-order valence-electron chi connectivity index (χ3n) is 14.8. The number of nitrogens with zero attached hydrogens (tertiary/aromatic N) is 1. The Hall–Kier alpha value is -1.13. The van der Waals surface area contributed by atoms with Gasteiger partial charge in [0.25, 0.3) is 0 Å². The second kappa shape index (κ2) is 8.69. The average Bonchev–Trinajstić information content (AvgIpc) is 3.63. The molecule has 4 saturated carbocycles. The third-order valence-corrected chi connectivity index (χ3v) is 14.8. The number of nitrogens with one attached hydrogen (secondary N) is 2. The van der Waals surface area contributed by atoms with Crippen molar-refractivity contribution in [2.45, 2.75) is 129 Å². The third kappa shape index (κ3) is 3.46. The van der Waals surface area contributed by atoms with Gasteiger partial charge in [-0.3, -0.25) is 5.10 Å². The zero-order valence-corrected chi connectivity index (χ0v) is 25.8. The lowest BCUT2D eigenvalue weighted by Crippen LogP contribution is -2.68. The van der Waals surface area contributed by atoms with Crippen molar-refractivity contribution in [2.24, 2.45) is 45.8 Å². The molecule has 0 spiro atoms. The lowest BCUT2D eigenvalue weighted by Gasteiger charge is -2.72. The molecule has 0 radical (unpaired) electrons. The summed E-state index contributed by atoms with van der Waals surface area (Å²) >= 11 is 0. The van der Waals surface area contributed by atoms with Crippen LogP contribution in [0.5, 0.6) is 0 Å².